The van der Waals surface area contributed by atoms with Crippen molar-refractivity contribution in [3.8, 4) is 11.1 Å². The smallest absolute Gasteiger partial charge is 0.249 e. The summed E-state index contributed by atoms with van der Waals surface area (Å²) in [5.74, 6) is -12.6. The highest BCUT2D eigenvalue weighted by Crippen LogP contribution is 2.31. The van der Waals surface area contributed by atoms with Crippen LogP contribution in [0.25, 0.3) is 22.0 Å². The summed E-state index contributed by atoms with van der Waals surface area (Å²) in [7, 11) is -2.75. The van der Waals surface area contributed by atoms with E-state index in [1.807, 2.05) is 0 Å². The molecule has 0 aliphatic rings. The normalized spacial score (nSPS) is 11.9. The van der Waals surface area contributed by atoms with Crippen LogP contribution in [0.1, 0.15) is 5.56 Å². The molecule has 0 unspecified atom stereocenters. The maximum absolute atomic E-state index is 14.6. The van der Waals surface area contributed by atoms with E-state index in [1.165, 1.54) is 18.5 Å². The van der Waals surface area contributed by atoms with Crippen LogP contribution in [0.15, 0.2) is 47.6 Å². The second-order valence-corrected chi connectivity index (χ2v) is 9.65. The Kier molecular flexibility index (Phi) is 6.62. The van der Waals surface area contributed by atoms with Crippen molar-refractivity contribution in [3.63, 3.8) is 0 Å². The fourth-order valence-electron chi connectivity index (χ4n) is 3.60. The second kappa shape index (κ2) is 9.39. The average Bonchev–Trinajstić information content (AvgIpc) is 2.86. The van der Waals surface area contributed by atoms with Gasteiger partial charge in [-0.2, -0.15) is 4.31 Å². The Morgan fingerprint density at radius 2 is 1.42 bits per heavy atom. The highest BCUT2D eigenvalue weighted by molar-refractivity contribution is 7.89. The number of anilines is 1. The lowest BCUT2D eigenvalue weighted by Crippen LogP contribution is -2.29. The van der Waals surface area contributed by atoms with Gasteiger partial charge in [0.25, 0.3) is 0 Å². The topological polar surface area (TPSA) is 75.2 Å². The quantitative estimate of drug-likeness (QED) is 0.218. The molecule has 3 aromatic carbocycles. The summed E-state index contributed by atoms with van der Waals surface area (Å²) in [6, 6.07) is 8.93. The zero-order valence-electron chi connectivity index (χ0n) is 18.6. The van der Waals surface area contributed by atoms with E-state index in [-0.39, 0.29) is 5.56 Å². The Morgan fingerprint density at radius 1 is 0.833 bits per heavy atom. The number of benzene rings is 3. The molecule has 0 saturated carbocycles. The van der Waals surface area contributed by atoms with Crippen LogP contribution in [-0.4, -0.2) is 36.8 Å². The average molecular weight is 526 g/mol. The van der Waals surface area contributed by atoms with Gasteiger partial charge in [-0.15, -0.1) is 0 Å². The van der Waals surface area contributed by atoms with E-state index in [0.29, 0.717) is 32.2 Å². The van der Waals surface area contributed by atoms with Gasteiger partial charge in [-0.25, -0.2) is 44.7 Å². The van der Waals surface area contributed by atoms with Crippen molar-refractivity contribution < 1.29 is 34.8 Å². The standard InChI is InChI=1S/C23H16F6N4O2S/c1-30-23-14-8-12(4-6-16(14)31-10-32-23)11-3-5-15(24)13(7-11)9-33(2)36(34,35)22-20(28)18(26)17(25)19(27)21(22)29/h3-8,10H,9H2,1-2H3,(H,30,31,32). The summed E-state index contributed by atoms with van der Waals surface area (Å²) < 4.78 is 109. The second-order valence-electron chi connectivity index (χ2n) is 7.67. The Bertz CT molecular complexity index is 1590. The summed E-state index contributed by atoms with van der Waals surface area (Å²) in [5, 5.41) is 3.59. The number of rotatable bonds is 6. The third-order valence-corrected chi connectivity index (χ3v) is 7.31. The van der Waals surface area contributed by atoms with E-state index in [9.17, 15) is 34.8 Å². The first-order chi connectivity index (χ1) is 17.0. The zero-order valence-corrected chi connectivity index (χ0v) is 19.4. The summed E-state index contributed by atoms with van der Waals surface area (Å²) in [5.41, 5.74) is 1.48. The van der Waals surface area contributed by atoms with Gasteiger partial charge in [0.2, 0.25) is 15.8 Å². The lowest BCUT2D eigenvalue weighted by molar-refractivity contribution is 0.352. The van der Waals surface area contributed by atoms with Crippen LogP contribution >= 0.6 is 0 Å². The molecule has 0 aliphatic heterocycles. The molecule has 0 atom stereocenters. The molecule has 36 heavy (non-hydrogen) atoms. The van der Waals surface area contributed by atoms with Crippen LogP contribution in [0, 0.1) is 34.9 Å². The Balaban J connectivity index is 1.73. The molecule has 4 aromatic rings. The zero-order chi connectivity index (χ0) is 26.4. The van der Waals surface area contributed by atoms with E-state index in [0.717, 1.165) is 13.1 Å². The van der Waals surface area contributed by atoms with Crippen LogP contribution in [0.4, 0.5) is 32.2 Å². The molecule has 4 rings (SSSR count). The Hall–Kier alpha value is -3.71. The van der Waals surface area contributed by atoms with Gasteiger partial charge in [-0.3, -0.25) is 0 Å². The number of nitrogens with zero attached hydrogens (tertiary/aromatic N) is 3. The molecule has 0 bridgehead atoms. The number of sulfonamides is 1. The molecule has 13 heteroatoms. The lowest BCUT2D eigenvalue weighted by atomic mass is 10.0. The van der Waals surface area contributed by atoms with E-state index in [2.05, 4.69) is 15.3 Å². The van der Waals surface area contributed by atoms with E-state index >= 15 is 0 Å². The molecule has 0 spiro atoms. The largest absolute Gasteiger partial charge is 0.373 e. The number of nitrogens with one attached hydrogen (secondary N) is 1. The summed E-state index contributed by atoms with van der Waals surface area (Å²) in [4.78, 5) is 6.26. The van der Waals surface area contributed by atoms with Gasteiger partial charge < -0.3 is 5.32 Å². The first-order valence-corrected chi connectivity index (χ1v) is 11.6. The van der Waals surface area contributed by atoms with Gasteiger partial charge in [0.15, 0.2) is 28.2 Å². The van der Waals surface area contributed by atoms with Gasteiger partial charge in [-0.05, 0) is 35.4 Å². The molecule has 0 radical (unpaired) electrons. The van der Waals surface area contributed by atoms with Crippen molar-refractivity contribution in [2.24, 2.45) is 0 Å². The first-order valence-electron chi connectivity index (χ1n) is 10.2. The molecule has 188 valence electrons. The lowest BCUT2D eigenvalue weighted by Gasteiger charge is -2.19. The molecule has 0 fully saturated rings. The van der Waals surface area contributed by atoms with Gasteiger partial charge >= 0.3 is 0 Å². The Morgan fingerprint density at radius 3 is 2.06 bits per heavy atom. The third-order valence-electron chi connectivity index (χ3n) is 5.48. The molecule has 1 aromatic heterocycles. The van der Waals surface area contributed by atoms with Crippen LogP contribution in [0.2, 0.25) is 0 Å². The van der Waals surface area contributed by atoms with Gasteiger partial charge in [-0.1, -0.05) is 12.1 Å². The fourth-order valence-corrected chi connectivity index (χ4v) is 4.86. The molecule has 0 aliphatic carbocycles. The SMILES string of the molecule is CNc1ncnc2ccc(-c3ccc(F)c(CN(C)S(=O)(=O)c4c(F)c(F)c(F)c(F)c4F)c3)cc12. The minimum atomic E-state index is -5.25. The van der Waals surface area contributed by atoms with Crippen molar-refractivity contribution in [3.05, 3.63) is 83.2 Å². The summed E-state index contributed by atoms with van der Waals surface area (Å²) >= 11 is 0. The maximum Gasteiger partial charge on any atom is 0.249 e. The number of fused-ring (bicyclic) bond motifs is 1. The fraction of sp³-hybridized carbons (Fsp3) is 0.130. The highest BCUT2D eigenvalue weighted by atomic mass is 32.2. The van der Waals surface area contributed by atoms with Gasteiger partial charge in [0.1, 0.15) is 18.0 Å². The number of hydrogen-bond acceptors (Lipinski definition) is 5. The van der Waals surface area contributed by atoms with Crippen LogP contribution in [-0.2, 0) is 16.6 Å². The monoisotopic (exact) mass is 526 g/mol. The molecular formula is C23H16F6N4O2S. The van der Waals surface area contributed by atoms with E-state index in [1.54, 1.807) is 25.2 Å². The van der Waals surface area contributed by atoms with Crippen molar-refractivity contribution in [2.45, 2.75) is 11.4 Å². The summed E-state index contributed by atoms with van der Waals surface area (Å²) in [6.07, 6.45) is 1.38. The summed E-state index contributed by atoms with van der Waals surface area (Å²) in [6.45, 7) is -0.764. The van der Waals surface area contributed by atoms with Crippen LogP contribution in [0.3, 0.4) is 0 Å². The maximum atomic E-state index is 14.6. The first kappa shape index (κ1) is 25.4. The molecule has 0 saturated heterocycles. The number of halogens is 6. The number of hydrogen-bond donors (Lipinski definition) is 1. The number of aromatic nitrogens is 2. The highest BCUT2D eigenvalue weighted by Gasteiger charge is 2.36. The predicted octanol–water partition coefficient (Wildman–Crippen LogP) is 4.99. The van der Waals surface area contributed by atoms with Crippen molar-refractivity contribution in [1.82, 2.24) is 14.3 Å². The molecule has 6 nitrogen and oxygen atoms in total. The predicted molar refractivity (Wildman–Crippen MR) is 119 cm³/mol. The molecule has 1 N–H and O–H groups in total. The minimum Gasteiger partial charge on any atom is -0.373 e. The third kappa shape index (κ3) is 4.24. The molecule has 1 heterocycles. The van der Waals surface area contributed by atoms with E-state index in [4.69, 9.17) is 0 Å². The van der Waals surface area contributed by atoms with Gasteiger partial charge in [0, 0.05) is 31.6 Å². The van der Waals surface area contributed by atoms with Crippen LogP contribution in [0.5, 0.6) is 0 Å². The Labute approximate surface area is 201 Å². The van der Waals surface area contributed by atoms with E-state index < -0.39 is 56.4 Å². The van der Waals surface area contributed by atoms with Crippen molar-refractivity contribution in [2.75, 3.05) is 19.4 Å². The van der Waals surface area contributed by atoms with Gasteiger partial charge in [0.05, 0.1) is 5.52 Å². The minimum absolute atomic E-state index is 0.208. The molecule has 0 amide bonds. The van der Waals surface area contributed by atoms with Crippen LogP contribution < -0.4 is 5.32 Å². The van der Waals surface area contributed by atoms with Crippen molar-refractivity contribution in [1.29, 1.82) is 0 Å². The van der Waals surface area contributed by atoms with Crippen molar-refractivity contribution >= 4 is 26.7 Å². The molecular weight excluding hydrogens is 510 g/mol.